The van der Waals surface area contributed by atoms with Gasteiger partial charge in [-0.1, -0.05) is 30.3 Å². The number of benzene rings is 1. The number of hydrogen-bond acceptors (Lipinski definition) is 3. The second-order valence-corrected chi connectivity index (χ2v) is 5.63. The predicted molar refractivity (Wildman–Crippen MR) is 74.2 cm³/mol. The van der Waals surface area contributed by atoms with Crippen molar-refractivity contribution in [2.24, 2.45) is 0 Å². The van der Waals surface area contributed by atoms with E-state index in [0.717, 1.165) is 5.56 Å². The molecule has 0 aliphatic heterocycles. The van der Waals surface area contributed by atoms with Crippen LogP contribution >= 0.6 is 0 Å². The van der Waals surface area contributed by atoms with Crippen LogP contribution in [0.1, 0.15) is 22.1 Å². The standard InChI is InChI=1S/C13H15N3O2S/c1-19(18)9-12(10-5-3-2-4-6-10)15-13(17)11-7-8-14-16-11/h2-8,12H,9H2,1H3,(H,14,16)(H,15,17)/t12-,19+/m0/s1. The SMILES string of the molecule is C[S@@](=O)C[C@H](NC(=O)c1ccn[nH]1)c1ccccc1. The molecule has 0 spiro atoms. The zero-order valence-electron chi connectivity index (χ0n) is 10.5. The van der Waals surface area contributed by atoms with Crippen LogP contribution in [0.5, 0.6) is 0 Å². The van der Waals surface area contributed by atoms with Gasteiger partial charge in [0.25, 0.3) is 5.91 Å². The molecule has 0 fully saturated rings. The minimum Gasteiger partial charge on any atom is -0.343 e. The minimum absolute atomic E-state index is 0.253. The highest BCUT2D eigenvalue weighted by atomic mass is 32.2. The van der Waals surface area contributed by atoms with Crippen LogP contribution in [0.15, 0.2) is 42.6 Å². The summed E-state index contributed by atoms with van der Waals surface area (Å²) >= 11 is 0. The van der Waals surface area contributed by atoms with Gasteiger partial charge in [0.2, 0.25) is 0 Å². The second kappa shape index (κ2) is 6.29. The molecule has 0 bridgehead atoms. The lowest BCUT2D eigenvalue weighted by Gasteiger charge is -2.17. The van der Waals surface area contributed by atoms with Crippen LogP contribution in [0, 0.1) is 0 Å². The molecule has 2 aromatic rings. The zero-order valence-corrected chi connectivity index (χ0v) is 11.3. The third kappa shape index (κ3) is 3.75. The van der Waals surface area contributed by atoms with Crippen molar-refractivity contribution in [3.8, 4) is 0 Å². The summed E-state index contributed by atoms with van der Waals surface area (Å²) in [5.74, 6) is 0.126. The van der Waals surface area contributed by atoms with Gasteiger partial charge < -0.3 is 5.32 Å². The molecule has 0 aliphatic rings. The Morgan fingerprint density at radius 1 is 1.37 bits per heavy atom. The molecule has 0 aliphatic carbocycles. The number of carbonyl (C=O) groups is 1. The third-order valence-corrected chi connectivity index (χ3v) is 3.46. The summed E-state index contributed by atoms with van der Waals surface area (Å²) in [4.78, 5) is 12.0. The Bertz CT molecular complexity index is 555. The summed E-state index contributed by atoms with van der Waals surface area (Å²) in [5, 5.41) is 9.21. The van der Waals surface area contributed by atoms with E-state index in [1.165, 1.54) is 6.20 Å². The molecule has 2 N–H and O–H groups in total. The Labute approximate surface area is 113 Å². The second-order valence-electron chi connectivity index (χ2n) is 4.15. The maximum absolute atomic E-state index is 12.0. The largest absolute Gasteiger partial charge is 0.343 e. The number of rotatable bonds is 5. The first kappa shape index (κ1) is 13.5. The first-order valence-electron chi connectivity index (χ1n) is 5.82. The number of nitrogens with zero attached hydrogens (tertiary/aromatic N) is 1. The van der Waals surface area contributed by atoms with Gasteiger partial charge in [-0.05, 0) is 11.6 Å². The molecule has 6 heteroatoms. The normalized spacial score (nSPS) is 13.7. The van der Waals surface area contributed by atoms with Crippen LogP contribution in [-0.4, -0.2) is 32.3 Å². The summed E-state index contributed by atoms with van der Waals surface area (Å²) in [7, 11) is -1.000. The summed E-state index contributed by atoms with van der Waals surface area (Å²) in [6.45, 7) is 0. The summed E-state index contributed by atoms with van der Waals surface area (Å²) in [6, 6.07) is 10.8. The fourth-order valence-corrected chi connectivity index (χ4v) is 2.50. The number of carbonyl (C=O) groups excluding carboxylic acids is 1. The molecule has 100 valence electrons. The van der Waals surface area contributed by atoms with E-state index in [1.54, 1.807) is 12.3 Å². The molecular weight excluding hydrogens is 262 g/mol. The van der Waals surface area contributed by atoms with Gasteiger partial charge in [0.15, 0.2) is 0 Å². The average molecular weight is 277 g/mol. The molecule has 0 radical (unpaired) electrons. The van der Waals surface area contributed by atoms with Gasteiger partial charge in [-0.3, -0.25) is 14.1 Å². The fraction of sp³-hybridized carbons (Fsp3) is 0.231. The molecule has 0 saturated carbocycles. The molecule has 1 heterocycles. The van der Waals surface area contributed by atoms with E-state index >= 15 is 0 Å². The Morgan fingerprint density at radius 2 is 2.11 bits per heavy atom. The number of aromatic nitrogens is 2. The van der Waals surface area contributed by atoms with Crippen molar-refractivity contribution >= 4 is 16.7 Å². The first-order valence-corrected chi connectivity index (χ1v) is 7.54. The average Bonchev–Trinajstić information content (AvgIpc) is 2.92. The van der Waals surface area contributed by atoms with E-state index in [1.807, 2.05) is 30.3 Å². The lowest BCUT2D eigenvalue weighted by Crippen LogP contribution is -2.32. The molecule has 1 aromatic heterocycles. The van der Waals surface area contributed by atoms with Gasteiger partial charge >= 0.3 is 0 Å². The molecule has 2 rings (SSSR count). The number of nitrogens with one attached hydrogen (secondary N) is 2. The van der Waals surface area contributed by atoms with Crippen molar-refractivity contribution in [3.05, 3.63) is 53.9 Å². The fourth-order valence-electron chi connectivity index (χ4n) is 1.76. The highest BCUT2D eigenvalue weighted by Crippen LogP contribution is 2.14. The van der Waals surface area contributed by atoms with E-state index in [0.29, 0.717) is 11.4 Å². The van der Waals surface area contributed by atoms with Gasteiger partial charge in [-0.15, -0.1) is 0 Å². The number of H-pyrrole nitrogens is 1. The smallest absolute Gasteiger partial charge is 0.269 e. The van der Waals surface area contributed by atoms with Gasteiger partial charge in [-0.25, -0.2) is 0 Å². The van der Waals surface area contributed by atoms with Crippen molar-refractivity contribution in [2.75, 3.05) is 12.0 Å². The topological polar surface area (TPSA) is 74.8 Å². The van der Waals surface area contributed by atoms with Crippen molar-refractivity contribution in [3.63, 3.8) is 0 Å². The van der Waals surface area contributed by atoms with Crippen LogP contribution in [0.25, 0.3) is 0 Å². The lowest BCUT2D eigenvalue weighted by molar-refractivity contribution is 0.0935. The van der Waals surface area contributed by atoms with Gasteiger partial charge in [-0.2, -0.15) is 5.10 Å². The Hall–Kier alpha value is -1.95. The van der Waals surface area contributed by atoms with E-state index < -0.39 is 10.8 Å². The molecule has 0 saturated heterocycles. The zero-order chi connectivity index (χ0) is 13.7. The van der Waals surface area contributed by atoms with E-state index in [2.05, 4.69) is 15.5 Å². The molecule has 1 aromatic carbocycles. The van der Waals surface area contributed by atoms with Crippen LogP contribution in [0.4, 0.5) is 0 Å². The third-order valence-electron chi connectivity index (χ3n) is 2.65. The van der Waals surface area contributed by atoms with Crippen molar-refractivity contribution in [1.29, 1.82) is 0 Å². The molecular formula is C13H15N3O2S. The first-order chi connectivity index (χ1) is 9.16. The highest BCUT2D eigenvalue weighted by Gasteiger charge is 2.17. The maximum Gasteiger partial charge on any atom is 0.269 e. The Morgan fingerprint density at radius 3 is 2.68 bits per heavy atom. The Balaban J connectivity index is 2.15. The molecule has 2 atom stereocenters. The van der Waals surface area contributed by atoms with Crippen molar-refractivity contribution in [2.45, 2.75) is 6.04 Å². The van der Waals surface area contributed by atoms with Crippen LogP contribution in [0.3, 0.4) is 0 Å². The van der Waals surface area contributed by atoms with Crippen molar-refractivity contribution in [1.82, 2.24) is 15.5 Å². The van der Waals surface area contributed by atoms with Crippen LogP contribution < -0.4 is 5.32 Å². The number of amides is 1. The summed E-state index contributed by atoms with van der Waals surface area (Å²) < 4.78 is 11.4. The van der Waals surface area contributed by atoms with Gasteiger partial charge in [0.05, 0.1) is 6.04 Å². The lowest BCUT2D eigenvalue weighted by atomic mass is 10.1. The Kier molecular flexibility index (Phi) is 4.46. The monoisotopic (exact) mass is 277 g/mol. The quantitative estimate of drug-likeness (QED) is 0.864. The molecule has 0 unspecified atom stereocenters. The number of hydrogen-bond donors (Lipinski definition) is 2. The number of aromatic amines is 1. The van der Waals surface area contributed by atoms with Gasteiger partial charge in [0, 0.05) is 29.0 Å². The molecule has 5 nitrogen and oxygen atoms in total. The van der Waals surface area contributed by atoms with E-state index in [-0.39, 0.29) is 11.9 Å². The summed E-state index contributed by atoms with van der Waals surface area (Å²) in [5.41, 5.74) is 1.33. The predicted octanol–water partition coefficient (Wildman–Crippen LogP) is 1.26. The van der Waals surface area contributed by atoms with Gasteiger partial charge in [0.1, 0.15) is 5.69 Å². The molecule has 1 amide bonds. The van der Waals surface area contributed by atoms with Crippen LogP contribution in [-0.2, 0) is 10.8 Å². The van der Waals surface area contributed by atoms with Crippen molar-refractivity contribution < 1.29 is 9.00 Å². The minimum atomic E-state index is -1.000. The summed E-state index contributed by atoms with van der Waals surface area (Å²) in [6.07, 6.45) is 3.14. The highest BCUT2D eigenvalue weighted by molar-refractivity contribution is 7.84. The van der Waals surface area contributed by atoms with E-state index in [9.17, 15) is 9.00 Å². The van der Waals surface area contributed by atoms with Crippen LogP contribution in [0.2, 0.25) is 0 Å². The maximum atomic E-state index is 12.0. The van der Waals surface area contributed by atoms with E-state index in [4.69, 9.17) is 0 Å². The molecule has 19 heavy (non-hydrogen) atoms.